The number of hydrogen-bond donors (Lipinski definition) is 3. The Morgan fingerprint density at radius 3 is 2.27 bits per heavy atom. The molecule has 0 aromatic heterocycles. The second kappa shape index (κ2) is 5.30. The quantitative estimate of drug-likeness (QED) is 0.638. The van der Waals surface area contributed by atoms with Crippen LogP contribution in [0.5, 0.6) is 5.75 Å². The normalized spacial score (nSPS) is 12.5. The number of aliphatic carboxylic acids is 1. The van der Waals surface area contributed by atoms with Crippen molar-refractivity contribution in [2.45, 2.75) is 12.5 Å². The first-order valence-corrected chi connectivity index (χ1v) is 6.23. The molecule has 15 heavy (non-hydrogen) atoms. The zero-order valence-electron chi connectivity index (χ0n) is 7.58. The zero-order chi connectivity index (χ0) is 11.6. The lowest BCUT2D eigenvalue weighted by Crippen LogP contribution is -2.15. The van der Waals surface area contributed by atoms with Crippen LogP contribution in [-0.2, 0) is 4.79 Å². The van der Waals surface area contributed by atoms with Crippen LogP contribution in [0.4, 0.5) is 0 Å². The average molecular weight is 433 g/mol. The number of aromatic hydroxyl groups is 1. The van der Waals surface area contributed by atoms with Crippen molar-refractivity contribution in [3.05, 3.63) is 24.8 Å². The van der Waals surface area contributed by atoms with E-state index >= 15 is 0 Å². The predicted molar refractivity (Wildman–Crippen MR) is 72.7 cm³/mol. The molecule has 0 radical (unpaired) electrons. The highest BCUT2D eigenvalue weighted by Crippen LogP contribution is 2.29. The van der Waals surface area contributed by atoms with Crippen LogP contribution >= 0.6 is 45.2 Å². The van der Waals surface area contributed by atoms with Gasteiger partial charge in [0.25, 0.3) is 0 Å². The molecule has 0 spiro atoms. The molecule has 0 unspecified atom stereocenters. The molecule has 0 aliphatic carbocycles. The molecule has 1 aromatic carbocycles. The monoisotopic (exact) mass is 433 g/mol. The zero-order valence-corrected chi connectivity index (χ0v) is 11.9. The molecule has 82 valence electrons. The van der Waals surface area contributed by atoms with Gasteiger partial charge in [-0.15, -0.1) is 0 Å². The first-order valence-electron chi connectivity index (χ1n) is 4.07. The van der Waals surface area contributed by atoms with Gasteiger partial charge in [-0.3, -0.25) is 4.79 Å². The number of carboxylic acid groups (broad SMARTS) is 1. The van der Waals surface area contributed by atoms with Gasteiger partial charge in [0, 0.05) is 6.04 Å². The van der Waals surface area contributed by atoms with E-state index < -0.39 is 12.0 Å². The summed E-state index contributed by atoms with van der Waals surface area (Å²) in [4.78, 5) is 10.5. The van der Waals surface area contributed by atoms with E-state index in [1.54, 1.807) is 12.1 Å². The van der Waals surface area contributed by atoms with Gasteiger partial charge in [0.05, 0.1) is 13.6 Å². The summed E-state index contributed by atoms with van der Waals surface area (Å²) in [6, 6.07) is 2.86. The molecule has 1 rings (SSSR count). The van der Waals surface area contributed by atoms with Gasteiger partial charge in [-0.1, -0.05) is 0 Å². The van der Waals surface area contributed by atoms with E-state index in [4.69, 9.17) is 10.8 Å². The van der Waals surface area contributed by atoms with Gasteiger partial charge < -0.3 is 15.9 Å². The van der Waals surface area contributed by atoms with Crippen LogP contribution in [0.2, 0.25) is 0 Å². The van der Waals surface area contributed by atoms with Gasteiger partial charge in [-0.25, -0.2) is 0 Å². The highest BCUT2D eigenvalue weighted by Gasteiger charge is 2.14. The van der Waals surface area contributed by atoms with Crippen LogP contribution in [0.15, 0.2) is 12.1 Å². The molecule has 0 bridgehead atoms. The lowest BCUT2D eigenvalue weighted by Gasteiger charge is -2.11. The molecule has 1 atom stereocenters. The van der Waals surface area contributed by atoms with Crippen LogP contribution in [0, 0.1) is 7.14 Å². The maximum absolute atomic E-state index is 10.5. The maximum Gasteiger partial charge on any atom is 0.305 e. The minimum absolute atomic E-state index is 0.114. The van der Waals surface area contributed by atoms with Gasteiger partial charge >= 0.3 is 5.97 Å². The standard InChI is InChI=1S/C9H9I2NO3/c10-5-1-4(2-6(11)9(5)15)7(12)3-8(13)14/h1-2,7,15H,3,12H2,(H,13,14)/t7-/m1/s1. The molecule has 0 amide bonds. The Labute approximate surface area is 114 Å². The van der Waals surface area contributed by atoms with Gasteiger partial charge in [0.2, 0.25) is 0 Å². The third-order valence-corrected chi connectivity index (χ3v) is 3.51. The average Bonchev–Trinajstić information content (AvgIpc) is 2.12. The van der Waals surface area contributed by atoms with Crippen molar-refractivity contribution in [3.8, 4) is 5.75 Å². The Balaban J connectivity index is 3.00. The number of rotatable bonds is 3. The Morgan fingerprint density at radius 2 is 1.87 bits per heavy atom. The first kappa shape index (κ1) is 13.0. The molecule has 0 saturated heterocycles. The smallest absolute Gasteiger partial charge is 0.305 e. The lowest BCUT2D eigenvalue weighted by atomic mass is 10.1. The summed E-state index contributed by atoms with van der Waals surface area (Å²) in [5, 5.41) is 18.1. The van der Waals surface area contributed by atoms with Crippen LogP contribution in [0.3, 0.4) is 0 Å². The summed E-state index contributed by atoms with van der Waals surface area (Å²) in [6.45, 7) is 0. The van der Waals surface area contributed by atoms with Crippen LogP contribution in [0.1, 0.15) is 18.0 Å². The second-order valence-electron chi connectivity index (χ2n) is 3.04. The Bertz CT molecular complexity index is 372. The van der Waals surface area contributed by atoms with E-state index in [2.05, 4.69) is 0 Å². The summed E-state index contributed by atoms with van der Waals surface area (Å²) in [5.41, 5.74) is 6.44. The number of phenols is 1. The second-order valence-corrected chi connectivity index (χ2v) is 5.36. The Kier molecular flexibility index (Phi) is 4.59. The van der Waals surface area contributed by atoms with Gasteiger partial charge in [-0.2, -0.15) is 0 Å². The third kappa shape index (κ3) is 3.45. The molecular formula is C9H9I2NO3. The summed E-state index contributed by atoms with van der Waals surface area (Å²) in [6.07, 6.45) is -0.114. The van der Waals surface area contributed by atoms with Gasteiger partial charge in [-0.05, 0) is 62.9 Å². The van der Waals surface area contributed by atoms with E-state index in [0.717, 1.165) is 5.56 Å². The fraction of sp³-hybridized carbons (Fsp3) is 0.222. The van der Waals surface area contributed by atoms with Crippen molar-refractivity contribution in [2.24, 2.45) is 5.73 Å². The number of phenolic OH excluding ortho intramolecular Hbond substituents is 1. The Morgan fingerprint density at radius 1 is 1.40 bits per heavy atom. The van der Waals surface area contributed by atoms with Crippen molar-refractivity contribution >= 4 is 51.2 Å². The van der Waals surface area contributed by atoms with Crippen molar-refractivity contribution in [3.63, 3.8) is 0 Å². The minimum atomic E-state index is -0.930. The van der Waals surface area contributed by atoms with Crippen molar-refractivity contribution in [1.29, 1.82) is 0 Å². The number of carbonyl (C=O) groups is 1. The Hall–Kier alpha value is -0.0900. The first-order chi connectivity index (χ1) is 6.91. The molecule has 0 saturated carbocycles. The highest BCUT2D eigenvalue weighted by atomic mass is 127. The highest BCUT2D eigenvalue weighted by molar-refractivity contribution is 14.1. The number of carboxylic acids is 1. The summed E-state index contributed by atoms with van der Waals surface area (Å²) in [5.74, 6) is -0.719. The molecule has 0 aliphatic heterocycles. The maximum atomic E-state index is 10.5. The molecular weight excluding hydrogens is 424 g/mol. The number of benzene rings is 1. The van der Waals surface area contributed by atoms with Crippen LogP contribution < -0.4 is 5.73 Å². The third-order valence-electron chi connectivity index (χ3n) is 1.86. The molecule has 1 aromatic rings. The van der Waals surface area contributed by atoms with E-state index in [0.29, 0.717) is 7.14 Å². The van der Waals surface area contributed by atoms with Crippen molar-refractivity contribution in [1.82, 2.24) is 0 Å². The van der Waals surface area contributed by atoms with Crippen LogP contribution in [-0.4, -0.2) is 16.2 Å². The summed E-state index contributed by atoms with van der Waals surface area (Å²) < 4.78 is 1.35. The van der Waals surface area contributed by atoms with Crippen molar-refractivity contribution in [2.75, 3.05) is 0 Å². The van der Waals surface area contributed by atoms with E-state index in [-0.39, 0.29) is 12.2 Å². The number of halogens is 2. The summed E-state index contributed by atoms with van der Waals surface area (Å²) >= 11 is 3.97. The lowest BCUT2D eigenvalue weighted by molar-refractivity contribution is -0.137. The minimum Gasteiger partial charge on any atom is -0.506 e. The van der Waals surface area contributed by atoms with Crippen molar-refractivity contribution < 1.29 is 15.0 Å². The summed E-state index contributed by atoms with van der Waals surface area (Å²) in [7, 11) is 0. The molecule has 0 fully saturated rings. The number of hydrogen-bond acceptors (Lipinski definition) is 3. The van der Waals surface area contributed by atoms with Gasteiger partial charge in [0.1, 0.15) is 5.75 Å². The fourth-order valence-corrected chi connectivity index (χ4v) is 2.92. The van der Waals surface area contributed by atoms with E-state index in [1.807, 2.05) is 45.2 Å². The van der Waals surface area contributed by atoms with E-state index in [1.165, 1.54) is 0 Å². The van der Waals surface area contributed by atoms with E-state index in [9.17, 15) is 9.90 Å². The number of nitrogens with two attached hydrogens (primary N) is 1. The molecule has 6 heteroatoms. The fourth-order valence-electron chi connectivity index (χ4n) is 1.11. The SMILES string of the molecule is N[C@H](CC(=O)O)c1cc(I)c(O)c(I)c1. The largest absolute Gasteiger partial charge is 0.506 e. The topological polar surface area (TPSA) is 83.6 Å². The predicted octanol–water partition coefficient (Wildman–Crippen LogP) is 2.08. The molecule has 4 nitrogen and oxygen atoms in total. The van der Waals surface area contributed by atoms with Gasteiger partial charge in [0.15, 0.2) is 0 Å². The molecule has 4 N–H and O–H groups in total. The van der Waals surface area contributed by atoms with Crippen LogP contribution in [0.25, 0.3) is 0 Å². The molecule has 0 aliphatic rings. The molecule has 0 heterocycles.